The number of sulfone groups is 1. The first kappa shape index (κ1) is 18.1. The minimum atomic E-state index is -3.18. The van der Waals surface area contributed by atoms with Gasteiger partial charge in [0.2, 0.25) is 0 Å². The summed E-state index contributed by atoms with van der Waals surface area (Å²) in [5.41, 5.74) is 2.82. The summed E-state index contributed by atoms with van der Waals surface area (Å²) in [5, 5.41) is 2.68. The van der Waals surface area contributed by atoms with Crippen LogP contribution in [0.15, 0.2) is 29.6 Å². The molecule has 0 aliphatic rings. The van der Waals surface area contributed by atoms with Gasteiger partial charge in [0.25, 0.3) is 0 Å². The van der Waals surface area contributed by atoms with Gasteiger partial charge in [0.1, 0.15) is 5.01 Å². The molecule has 23 heavy (non-hydrogen) atoms. The minimum absolute atomic E-state index is 0.0213. The van der Waals surface area contributed by atoms with Crippen molar-refractivity contribution in [3.63, 3.8) is 0 Å². The Morgan fingerprint density at radius 3 is 2.61 bits per heavy atom. The van der Waals surface area contributed by atoms with Gasteiger partial charge in [-0.15, -0.1) is 11.3 Å². The van der Waals surface area contributed by atoms with E-state index in [0.29, 0.717) is 12.3 Å². The highest BCUT2D eigenvalue weighted by molar-refractivity contribution is 7.90. The van der Waals surface area contributed by atoms with Crippen LogP contribution in [0.4, 0.5) is 0 Å². The third-order valence-corrected chi connectivity index (χ3v) is 5.86. The first-order valence-electron chi connectivity index (χ1n) is 7.80. The van der Waals surface area contributed by atoms with Crippen LogP contribution in [0.25, 0.3) is 10.6 Å². The molecule has 0 N–H and O–H groups in total. The number of aryl methyl sites for hydroxylation is 1. The molecule has 1 heterocycles. The van der Waals surface area contributed by atoms with E-state index in [-0.39, 0.29) is 18.1 Å². The summed E-state index contributed by atoms with van der Waals surface area (Å²) in [5.74, 6) is 0.0284. The SMILES string of the molecule is CCCCOCCS(=O)(=O)Cc1csc(-c2ccc(C)cc2)n1. The zero-order valence-corrected chi connectivity index (χ0v) is 15.3. The second-order valence-corrected chi connectivity index (χ2v) is 8.61. The maximum absolute atomic E-state index is 12.1. The van der Waals surface area contributed by atoms with E-state index >= 15 is 0 Å². The quantitative estimate of drug-likeness (QED) is 0.643. The fraction of sp³-hybridized carbons (Fsp3) is 0.471. The molecule has 0 bridgehead atoms. The van der Waals surface area contributed by atoms with E-state index in [0.717, 1.165) is 23.4 Å². The van der Waals surface area contributed by atoms with Gasteiger partial charge in [-0.2, -0.15) is 0 Å². The third kappa shape index (κ3) is 6.05. The molecule has 0 aliphatic carbocycles. The summed E-state index contributed by atoms with van der Waals surface area (Å²) in [6.07, 6.45) is 2.01. The summed E-state index contributed by atoms with van der Waals surface area (Å²) >= 11 is 1.48. The zero-order valence-electron chi connectivity index (χ0n) is 13.6. The molecule has 0 fully saturated rings. The van der Waals surface area contributed by atoms with Gasteiger partial charge >= 0.3 is 0 Å². The fourth-order valence-corrected chi connectivity index (χ4v) is 4.08. The average molecular weight is 354 g/mol. The molecule has 0 saturated heterocycles. The van der Waals surface area contributed by atoms with Gasteiger partial charge in [-0.1, -0.05) is 43.2 Å². The Morgan fingerprint density at radius 1 is 1.17 bits per heavy atom. The highest BCUT2D eigenvalue weighted by Gasteiger charge is 2.15. The van der Waals surface area contributed by atoms with Gasteiger partial charge in [0.15, 0.2) is 9.84 Å². The van der Waals surface area contributed by atoms with E-state index in [1.165, 1.54) is 16.9 Å². The monoisotopic (exact) mass is 353 g/mol. The Labute approximate surface area is 142 Å². The van der Waals surface area contributed by atoms with Crippen molar-refractivity contribution in [1.82, 2.24) is 4.98 Å². The van der Waals surface area contributed by atoms with Gasteiger partial charge in [0, 0.05) is 17.6 Å². The van der Waals surface area contributed by atoms with Crippen LogP contribution in [0.2, 0.25) is 0 Å². The zero-order chi connectivity index (χ0) is 16.7. The van der Waals surface area contributed by atoms with E-state index in [4.69, 9.17) is 4.74 Å². The summed E-state index contributed by atoms with van der Waals surface area (Å²) in [6.45, 7) is 5.00. The molecule has 0 atom stereocenters. The Kier molecular flexibility index (Phi) is 6.74. The Balaban J connectivity index is 1.91. The molecule has 2 aromatic rings. The van der Waals surface area contributed by atoms with Crippen molar-refractivity contribution >= 4 is 21.2 Å². The molecular weight excluding hydrogens is 330 g/mol. The normalized spacial score (nSPS) is 11.7. The number of hydrogen-bond acceptors (Lipinski definition) is 5. The predicted molar refractivity (Wildman–Crippen MR) is 95.5 cm³/mol. The van der Waals surface area contributed by atoms with Gasteiger partial charge in [-0.25, -0.2) is 13.4 Å². The lowest BCUT2D eigenvalue weighted by Crippen LogP contribution is -2.15. The number of aromatic nitrogens is 1. The number of unbranched alkanes of at least 4 members (excludes halogenated alkanes) is 1. The molecule has 6 heteroatoms. The van der Waals surface area contributed by atoms with E-state index in [1.54, 1.807) is 0 Å². The molecule has 4 nitrogen and oxygen atoms in total. The van der Waals surface area contributed by atoms with Crippen LogP contribution in [-0.4, -0.2) is 32.4 Å². The highest BCUT2D eigenvalue weighted by atomic mass is 32.2. The number of hydrogen-bond donors (Lipinski definition) is 0. The van der Waals surface area contributed by atoms with E-state index in [2.05, 4.69) is 11.9 Å². The van der Waals surface area contributed by atoms with Crippen molar-refractivity contribution in [2.45, 2.75) is 32.4 Å². The van der Waals surface area contributed by atoms with Crippen molar-refractivity contribution < 1.29 is 13.2 Å². The molecule has 2 rings (SSSR count). The topological polar surface area (TPSA) is 56.3 Å². The fourth-order valence-electron chi connectivity index (χ4n) is 2.03. The largest absolute Gasteiger partial charge is 0.380 e. The summed E-state index contributed by atoms with van der Waals surface area (Å²) in [7, 11) is -3.18. The van der Waals surface area contributed by atoms with Crippen molar-refractivity contribution in [3.05, 3.63) is 40.9 Å². The second kappa shape index (κ2) is 8.57. The number of rotatable bonds is 9. The van der Waals surface area contributed by atoms with Crippen LogP contribution < -0.4 is 0 Å². The minimum Gasteiger partial charge on any atom is -0.380 e. The number of ether oxygens (including phenoxy) is 1. The number of nitrogens with zero attached hydrogens (tertiary/aromatic N) is 1. The standard InChI is InChI=1S/C17H23NO3S2/c1-3-4-9-21-10-11-23(19,20)13-16-12-22-17(18-16)15-7-5-14(2)6-8-15/h5-8,12H,3-4,9-11,13H2,1-2H3. The van der Waals surface area contributed by atoms with E-state index < -0.39 is 9.84 Å². The Hall–Kier alpha value is -1.24. The second-order valence-electron chi connectivity index (χ2n) is 5.57. The Bertz CT molecular complexity index is 706. The lowest BCUT2D eigenvalue weighted by atomic mass is 10.2. The van der Waals surface area contributed by atoms with Crippen LogP contribution in [0, 0.1) is 6.92 Å². The van der Waals surface area contributed by atoms with Gasteiger partial charge in [-0.05, 0) is 13.3 Å². The number of benzene rings is 1. The van der Waals surface area contributed by atoms with Gasteiger partial charge in [-0.3, -0.25) is 0 Å². The molecule has 1 aromatic carbocycles. The third-order valence-electron chi connectivity index (χ3n) is 3.40. The van der Waals surface area contributed by atoms with Gasteiger partial charge < -0.3 is 4.74 Å². The van der Waals surface area contributed by atoms with Crippen molar-refractivity contribution in [2.75, 3.05) is 19.0 Å². The molecule has 0 aliphatic heterocycles. The van der Waals surface area contributed by atoms with Crippen LogP contribution in [0.5, 0.6) is 0 Å². The smallest absolute Gasteiger partial charge is 0.158 e. The molecule has 0 saturated carbocycles. The van der Waals surface area contributed by atoms with Crippen molar-refractivity contribution in [2.24, 2.45) is 0 Å². The summed E-state index contributed by atoms with van der Waals surface area (Å²) in [4.78, 5) is 4.45. The highest BCUT2D eigenvalue weighted by Crippen LogP contribution is 2.24. The Morgan fingerprint density at radius 2 is 1.91 bits per heavy atom. The average Bonchev–Trinajstić information content (AvgIpc) is 2.95. The molecule has 126 valence electrons. The van der Waals surface area contributed by atoms with Gasteiger partial charge in [0.05, 0.1) is 23.8 Å². The molecule has 1 aromatic heterocycles. The molecular formula is C17H23NO3S2. The van der Waals surface area contributed by atoms with Crippen LogP contribution >= 0.6 is 11.3 Å². The molecule has 0 amide bonds. The first-order valence-corrected chi connectivity index (χ1v) is 10.5. The van der Waals surface area contributed by atoms with Crippen LogP contribution in [0.1, 0.15) is 31.0 Å². The maximum Gasteiger partial charge on any atom is 0.158 e. The van der Waals surface area contributed by atoms with Crippen molar-refractivity contribution in [3.8, 4) is 10.6 Å². The lowest BCUT2D eigenvalue weighted by Gasteiger charge is -2.04. The van der Waals surface area contributed by atoms with Crippen LogP contribution in [0.3, 0.4) is 0 Å². The van der Waals surface area contributed by atoms with Crippen molar-refractivity contribution in [1.29, 1.82) is 0 Å². The summed E-state index contributed by atoms with van der Waals surface area (Å²) in [6, 6.07) is 8.07. The number of thiazole rings is 1. The first-order chi connectivity index (χ1) is 11.0. The predicted octanol–water partition coefficient (Wildman–Crippen LogP) is 3.85. The lowest BCUT2D eigenvalue weighted by molar-refractivity contribution is 0.146. The summed E-state index contributed by atoms with van der Waals surface area (Å²) < 4.78 is 29.6. The van der Waals surface area contributed by atoms with E-state index in [1.807, 2.05) is 36.6 Å². The molecule has 0 spiro atoms. The maximum atomic E-state index is 12.1. The van der Waals surface area contributed by atoms with E-state index in [9.17, 15) is 8.42 Å². The molecule has 0 radical (unpaired) electrons. The molecule has 0 unspecified atom stereocenters. The van der Waals surface area contributed by atoms with Crippen LogP contribution in [-0.2, 0) is 20.3 Å².